The normalized spacial score (nSPS) is 22.5. The Bertz CT molecular complexity index is 824. The van der Waals surface area contributed by atoms with Gasteiger partial charge in [0, 0.05) is 4.47 Å². The molecule has 1 aliphatic heterocycles. The van der Waals surface area contributed by atoms with Gasteiger partial charge in [0.15, 0.2) is 0 Å². The monoisotopic (exact) mass is 409 g/mol. The van der Waals surface area contributed by atoms with Crippen LogP contribution in [0.3, 0.4) is 0 Å². The predicted octanol–water partition coefficient (Wildman–Crippen LogP) is 2.02. The molecule has 6 heteroatoms. The van der Waals surface area contributed by atoms with E-state index in [4.69, 9.17) is 0 Å². The Morgan fingerprint density at radius 1 is 1.17 bits per heavy atom. The molecule has 0 amide bonds. The van der Waals surface area contributed by atoms with Crippen LogP contribution in [0.15, 0.2) is 57.9 Å². The van der Waals surface area contributed by atoms with Crippen LogP contribution in [0.25, 0.3) is 0 Å². The van der Waals surface area contributed by atoms with Gasteiger partial charge in [0.1, 0.15) is 0 Å². The largest absolute Gasteiger partial charge is 0.335 e. The summed E-state index contributed by atoms with van der Waals surface area (Å²) < 4.78 is 29.1. The SMILES string of the molecule is Cc1ccc(Br)cc1S(=O)(=O)N1CC[NH+](C)C[C@@H]1c1ccccc1. The molecule has 0 bridgehead atoms. The molecule has 4 nitrogen and oxygen atoms in total. The molecule has 128 valence electrons. The van der Waals surface area contributed by atoms with Gasteiger partial charge in [-0.05, 0) is 30.2 Å². The summed E-state index contributed by atoms with van der Waals surface area (Å²) >= 11 is 3.40. The molecule has 3 rings (SSSR count). The molecule has 0 spiro atoms. The Morgan fingerprint density at radius 2 is 1.88 bits per heavy atom. The number of hydrogen-bond acceptors (Lipinski definition) is 2. The molecule has 0 saturated carbocycles. The van der Waals surface area contributed by atoms with Crippen molar-refractivity contribution in [2.45, 2.75) is 17.9 Å². The summed E-state index contributed by atoms with van der Waals surface area (Å²) in [5.41, 5.74) is 1.82. The average Bonchev–Trinajstić information content (AvgIpc) is 2.57. The maximum absolute atomic E-state index is 13.3. The van der Waals surface area contributed by atoms with E-state index >= 15 is 0 Å². The summed E-state index contributed by atoms with van der Waals surface area (Å²) in [6.07, 6.45) is 0. The molecule has 1 saturated heterocycles. The Labute approximate surface area is 152 Å². The molecular weight excluding hydrogens is 388 g/mol. The Kier molecular flexibility index (Phi) is 5.11. The molecule has 1 N–H and O–H groups in total. The minimum Gasteiger partial charge on any atom is -0.335 e. The highest BCUT2D eigenvalue weighted by Gasteiger charge is 2.38. The molecular formula is C18H22BrN2O2S+. The van der Waals surface area contributed by atoms with Gasteiger partial charge >= 0.3 is 0 Å². The zero-order valence-corrected chi connectivity index (χ0v) is 16.3. The van der Waals surface area contributed by atoms with E-state index in [0.29, 0.717) is 11.4 Å². The first-order valence-corrected chi connectivity index (χ1v) is 10.3. The number of halogens is 1. The second-order valence-electron chi connectivity index (χ2n) is 6.36. The minimum absolute atomic E-state index is 0.136. The highest BCUT2D eigenvalue weighted by atomic mass is 79.9. The molecule has 1 heterocycles. The first-order valence-electron chi connectivity index (χ1n) is 8.04. The summed E-state index contributed by atoms with van der Waals surface area (Å²) in [5.74, 6) is 0. The van der Waals surface area contributed by atoms with Gasteiger partial charge in [0.05, 0.1) is 37.6 Å². The van der Waals surface area contributed by atoms with Crippen molar-refractivity contribution in [3.8, 4) is 0 Å². The lowest BCUT2D eigenvalue weighted by Crippen LogP contribution is -3.12. The van der Waals surface area contributed by atoms with Crippen molar-refractivity contribution in [1.82, 2.24) is 4.31 Å². The zero-order valence-electron chi connectivity index (χ0n) is 13.9. The van der Waals surface area contributed by atoms with E-state index in [0.717, 1.165) is 28.7 Å². The summed E-state index contributed by atoms with van der Waals surface area (Å²) in [6, 6.07) is 15.2. The number of aryl methyl sites for hydroxylation is 1. The molecule has 1 aliphatic rings. The minimum atomic E-state index is -3.55. The maximum Gasteiger partial charge on any atom is 0.244 e. The summed E-state index contributed by atoms with van der Waals surface area (Å²) in [5, 5.41) is 0. The Morgan fingerprint density at radius 3 is 2.58 bits per heavy atom. The van der Waals surface area contributed by atoms with Gasteiger partial charge in [-0.1, -0.05) is 52.3 Å². The highest BCUT2D eigenvalue weighted by molar-refractivity contribution is 9.10. The fraction of sp³-hybridized carbons (Fsp3) is 0.333. The number of quaternary nitrogens is 1. The number of benzene rings is 2. The van der Waals surface area contributed by atoms with Crippen molar-refractivity contribution < 1.29 is 13.3 Å². The van der Waals surface area contributed by atoms with Crippen LogP contribution in [0.4, 0.5) is 0 Å². The van der Waals surface area contributed by atoms with Crippen LogP contribution in [0, 0.1) is 6.92 Å². The fourth-order valence-corrected chi connectivity index (χ4v) is 5.59. The van der Waals surface area contributed by atoms with Crippen LogP contribution >= 0.6 is 15.9 Å². The van der Waals surface area contributed by atoms with Gasteiger partial charge in [-0.2, -0.15) is 4.31 Å². The number of sulfonamides is 1. The molecule has 2 aromatic carbocycles. The molecule has 24 heavy (non-hydrogen) atoms. The third kappa shape index (κ3) is 3.42. The second-order valence-corrected chi connectivity index (χ2v) is 9.14. The topological polar surface area (TPSA) is 41.8 Å². The smallest absolute Gasteiger partial charge is 0.244 e. The predicted molar refractivity (Wildman–Crippen MR) is 98.6 cm³/mol. The zero-order chi connectivity index (χ0) is 17.3. The van der Waals surface area contributed by atoms with Gasteiger partial charge in [0.25, 0.3) is 0 Å². The number of rotatable bonds is 3. The standard InChI is InChI=1S/C18H21BrN2O2S/c1-14-8-9-16(19)12-18(14)24(22,23)21-11-10-20(2)13-17(21)15-6-4-3-5-7-15/h3-9,12,17H,10-11,13H2,1-2H3/p+1/t17-/m1/s1. The van der Waals surface area contributed by atoms with Crippen LogP contribution < -0.4 is 4.90 Å². The van der Waals surface area contributed by atoms with E-state index < -0.39 is 10.0 Å². The van der Waals surface area contributed by atoms with Gasteiger partial charge in [-0.25, -0.2) is 8.42 Å². The molecule has 2 aromatic rings. The maximum atomic E-state index is 13.3. The van der Waals surface area contributed by atoms with Crippen molar-refractivity contribution in [3.05, 3.63) is 64.1 Å². The van der Waals surface area contributed by atoms with Crippen molar-refractivity contribution in [2.24, 2.45) is 0 Å². The van der Waals surface area contributed by atoms with Gasteiger partial charge in [0.2, 0.25) is 10.0 Å². The van der Waals surface area contributed by atoms with Gasteiger partial charge < -0.3 is 4.90 Å². The molecule has 0 aromatic heterocycles. The van der Waals surface area contributed by atoms with Crippen molar-refractivity contribution in [1.29, 1.82) is 0 Å². The first-order chi connectivity index (χ1) is 11.4. The molecule has 1 fully saturated rings. The van der Waals surface area contributed by atoms with Crippen LogP contribution in [0.1, 0.15) is 17.2 Å². The third-order valence-electron chi connectivity index (χ3n) is 4.57. The number of piperazine rings is 1. The number of nitrogens with zero attached hydrogens (tertiary/aromatic N) is 1. The van der Waals surface area contributed by atoms with E-state index in [1.165, 1.54) is 4.90 Å². The van der Waals surface area contributed by atoms with Crippen LogP contribution in [0.5, 0.6) is 0 Å². The molecule has 1 unspecified atom stereocenters. The second kappa shape index (κ2) is 6.96. The van der Waals surface area contributed by atoms with Gasteiger partial charge in [-0.15, -0.1) is 0 Å². The van der Waals surface area contributed by atoms with Crippen molar-refractivity contribution in [3.63, 3.8) is 0 Å². The van der Waals surface area contributed by atoms with E-state index in [2.05, 4.69) is 23.0 Å². The van der Waals surface area contributed by atoms with Crippen LogP contribution in [0.2, 0.25) is 0 Å². The lowest BCUT2D eigenvalue weighted by molar-refractivity contribution is -0.887. The number of likely N-dealkylation sites (N-methyl/N-ethyl adjacent to an activating group) is 1. The lowest BCUT2D eigenvalue weighted by Gasteiger charge is -2.37. The van der Waals surface area contributed by atoms with Gasteiger partial charge in [-0.3, -0.25) is 0 Å². The quantitative estimate of drug-likeness (QED) is 0.842. The van der Waals surface area contributed by atoms with E-state index in [1.54, 1.807) is 10.4 Å². The summed E-state index contributed by atoms with van der Waals surface area (Å²) in [6.45, 7) is 3.96. The Hall–Kier alpha value is -1.21. The Balaban J connectivity index is 2.05. The number of hydrogen-bond donors (Lipinski definition) is 1. The van der Waals surface area contributed by atoms with Crippen molar-refractivity contribution >= 4 is 26.0 Å². The molecule has 0 radical (unpaired) electrons. The highest BCUT2D eigenvalue weighted by Crippen LogP contribution is 2.30. The van der Waals surface area contributed by atoms with Crippen LogP contribution in [-0.4, -0.2) is 39.4 Å². The van der Waals surface area contributed by atoms with E-state index in [9.17, 15) is 8.42 Å². The molecule has 0 aliphatic carbocycles. The fourth-order valence-electron chi connectivity index (χ4n) is 3.22. The average molecular weight is 410 g/mol. The van der Waals surface area contributed by atoms with E-state index in [1.807, 2.05) is 49.4 Å². The molecule has 2 atom stereocenters. The first kappa shape index (κ1) is 17.6. The number of nitrogens with one attached hydrogen (secondary N) is 1. The summed E-state index contributed by atoms with van der Waals surface area (Å²) in [7, 11) is -1.43. The lowest BCUT2D eigenvalue weighted by atomic mass is 10.1. The summed E-state index contributed by atoms with van der Waals surface area (Å²) in [4.78, 5) is 1.73. The van der Waals surface area contributed by atoms with E-state index in [-0.39, 0.29) is 6.04 Å². The van der Waals surface area contributed by atoms with Crippen molar-refractivity contribution in [2.75, 3.05) is 26.7 Å². The third-order valence-corrected chi connectivity index (χ3v) is 7.11. The van der Waals surface area contributed by atoms with Crippen LogP contribution in [-0.2, 0) is 10.0 Å².